The van der Waals surface area contributed by atoms with Gasteiger partial charge in [-0.05, 0) is 37.8 Å². The highest BCUT2D eigenvalue weighted by atomic mass is 32.1. The zero-order valence-electron chi connectivity index (χ0n) is 17.9. The molecule has 0 bridgehead atoms. The highest BCUT2D eigenvalue weighted by Gasteiger charge is 2.21. The van der Waals surface area contributed by atoms with Crippen molar-refractivity contribution in [2.24, 2.45) is 0 Å². The number of allylic oxidation sites excluding steroid dienone is 4. The summed E-state index contributed by atoms with van der Waals surface area (Å²) in [5.41, 5.74) is 1.08. The molecule has 2 heterocycles. The van der Waals surface area contributed by atoms with Gasteiger partial charge in [0.05, 0.1) is 6.61 Å². The molecule has 1 fully saturated rings. The zero-order chi connectivity index (χ0) is 20.6. The van der Waals surface area contributed by atoms with Gasteiger partial charge < -0.3 is 15.3 Å². The Morgan fingerprint density at radius 1 is 1.25 bits per heavy atom. The first-order valence-electron chi connectivity index (χ1n) is 10.7. The number of aromatic nitrogens is 2. The molecule has 1 aromatic rings. The highest BCUT2D eigenvalue weighted by molar-refractivity contribution is 7.16. The Hall–Kier alpha value is -1.50. The molecule has 1 aliphatic rings. The minimum Gasteiger partial charge on any atom is -0.392 e. The molecule has 5 nitrogen and oxygen atoms in total. The molecule has 6 heteroatoms. The van der Waals surface area contributed by atoms with Crippen molar-refractivity contribution in [1.82, 2.24) is 15.5 Å². The van der Waals surface area contributed by atoms with E-state index in [4.69, 9.17) is 5.11 Å². The van der Waals surface area contributed by atoms with Gasteiger partial charge in [-0.15, -0.1) is 10.2 Å². The summed E-state index contributed by atoms with van der Waals surface area (Å²) in [6.07, 6.45) is 14.4. The monoisotopic (exact) mass is 406 g/mol. The summed E-state index contributed by atoms with van der Waals surface area (Å²) in [6, 6.07) is 0.635. The molecule has 0 amide bonds. The fourth-order valence-corrected chi connectivity index (χ4v) is 4.01. The number of hydrogen-bond donors (Lipinski definition) is 2. The van der Waals surface area contributed by atoms with E-state index in [2.05, 4.69) is 33.9 Å². The third-order valence-electron chi connectivity index (χ3n) is 4.60. The van der Waals surface area contributed by atoms with Gasteiger partial charge >= 0.3 is 0 Å². The lowest BCUT2D eigenvalue weighted by Gasteiger charge is -2.32. The average Bonchev–Trinajstić information content (AvgIpc) is 3.23. The quantitative estimate of drug-likeness (QED) is 0.313. The van der Waals surface area contributed by atoms with Gasteiger partial charge in [0, 0.05) is 19.1 Å². The van der Waals surface area contributed by atoms with E-state index < -0.39 is 0 Å². The molecule has 0 spiro atoms. The molecule has 0 atom stereocenters. The van der Waals surface area contributed by atoms with Crippen molar-refractivity contribution in [2.45, 2.75) is 65.3 Å². The molecule has 0 aliphatic carbocycles. The van der Waals surface area contributed by atoms with E-state index in [1.165, 1.54) is 19.3 Å². The van der Waals surface area contributed by atoms with E-state index in [1.54, 1.807) is 23.5 Å². The van der Waals surface area contributed by atoms with Crippen LogP contribution >= 0.6 is 11.3 Å². The molecule has 0 radical (unpaired) electrons. The van der Waals surface area contributed by atoms with Crippen molar-refractivity contribution >= 4 is 22.0 Å². The van der Waals surface area contributed by atoms with Crippen LogP contribution in [0.25, 0.3) is 5.57 Å². The van der Waals surface area contributed by atoms with Crippen LogP contribution in [0.1, 0.15) is 64.3 Å². The molecule has 1 saturated heterocycles. The molecule has 2 rings (SSSR count). The van der Waals surface area contributed by atoms with Gasteiger partial charge in [-0.1, -0.05) is 75.8 Å². The minimum absolute atomic E-state index is 0.0597. The van der Waals surface area contributed by atoms with Crippen molar-refractivity contribution in [3.63, 3.8) is 0 Å². The third-order valence-corrected chi connectivity index (χ3v) is 5.66. The second-order valence-corrected chi connectivity index (χ2v) is 7.55. The summed E-state index contributed by atoms with van der Waals surface area (Å²) in [5, 5.41) is 23.3. The fourth-order valence-electron chi connectivity index (χ4n) is 3.08. The molecule has 1 aromatic heterocycles. The van der Waals surface area contributed by atoms with Gasteiger partial charge in [-0.3, -0.25) is 0 Å². The summed E-state index contributed by atoms with van der Waals surface area (Å²) in [6.45, 7) is 13.3. The Kier molecular flexibility index (Phi) is 13.5. The number of piperidine rings is 1. The molecular formula is C22H38N4OS. The summed E-state index contributed by atoms with van der Waals surface area (Å²) in [7, 11) is 0. The largest absolute Gasteiger partial charge is 0.392 e. The number of anilines is 1. The third kappa shape index (κ3) is 8.67. The zero-order valence-corrected chi connectivity index (χ0v) is 18.7. The van der Waals surface area contributed by atoms with Crippen LogP contribution < -0.4 is 10.2 Å². The Labute approximate surface area is 175 Å². The van der Waals surface area contributed by atoms with Gasteiger partial charge in [0.1, 0.15) is 5.01 Å². The molecule has 158 valence electrons. The summed E-state index contributed by atoms with van der Waals surface area (Å²) < 4.78 is 0. The van der Waals surface area contributed by atoms with Gasteiger partial charge in [0.2, 0.25) is 5.13 Å². The topological polar surface area (TPSA) is 61.3 Å². The maximum absolute atomic E-state index is 8.89. The standard InChI is InChI=1S/C20H32N4OS.C2H6/c1-3-5-7-13-21-18-11-14-24(15-12-18)20-23-22-19(26-20)17(9-4-2)10-6-8-16-25;1-2/h4,6,8-9,18,21,25H,2-3,5,7,10-16H2,1H3;1-2H3/b8-6+,17-9+;. The Bertz CT molecular complexity index is 589. The molecule has 0 unspecified atom stereocenters. The first kappa shape index (κ1) is 24.5. The van der Waals surface area contributed by atoms with Crippen LogP contribution in [0.4, 0.5) is 5.13 Å². The van der Waals surface area contributed by atoms with Crippen LogP contribution in [0.2, 0.25) is 0 Å². The van der Waals surface area contributed by atoms with E-state index in [9.17, 15) is 0 Å². The number of rotatable bonds is 11. The van der Waals surface area contributed by atoms with Gasteiger partial charge in [-0.25, -0.2) is 0 Å². The van der Waals surface area contributed by atoms with Crippen LogP contribution in [-0.4, -0.2) is 47.6 Å². The van der Waals surface area contributed by atoms with Crippen LogP contribution in [0.3, 0.4) is 0 Å². The normalized spacial score (nSPS) is 15.6. The molecule has 0 aromatic carbocycles. The number of nitrogens with zero attached hydrogens (tertiary/aromatic N) is 3. The summed E-state index contributed by atoms with van der Waals surface area (Å²) in [5.74, 6) is 0. The fraction of sp³-hybridized carbons (Fsp3) is 0.636. The van der Waals surface area contributed by atoms with Gasteiger partial charge in [0.25, 0.3) is 0 Å². The molecular weight excluding hydrogens is 368 g/mol. The smallest absolute Gasteiger partial charge is 0.208 e. The number of unbranched alkanes of at least 4 members (excludes halogenated alkanes) is 2. The Balaban J connectivity index is 0.00000190. The van der Waals surface area contributed by atoms with Crippen LogP contribution in [0.5, 0.6) is 0 Å². The van der Waals surface area contributed by atoms with Crippen LogP contribution in [0.15, 0.2) is 30.9 Å². The molecule has 28 heavy (non-hydrogen) atoms. The maximum atomic E-state index is 8.89. The van der Waals surface area contributed by atoms with Gasteiger partial charge in [0.15, 0.2) is 0 Å². The molecule has 2 N–H and O–H groups in total. The Morgan fingerprint density at radius 3 is 2.64 bits per heavy atom. The first-order chi connectivity index (χ1) is 13.8. The van der Waals surface area contributed by atoms with Crippen molar-refractivity contribution in [3.05, 3.63) is 35.9 Å². The van der Waals surface area contributed by atoms with Crippen LogP contribution in [-0.2, 0) is 0 Å². The lowest BCUT2D eigenvalue weighted by molar-refractivity contribution is 0.342. The predicted octanol–water partition coefficient (Wildman–Crippen LogP) is 4.82. The number of aliphatic hydroxyl groups is 1. The van der Waals surface area contributed by atoms with E-state index in [1.807, 2.05) is 26.0 Å². The van der Waals surface area contributed by atoms with Crippen molar-refractivity contribution in [1.29, 1.82) is 0 Å². The maximum Gasteiger partial charge on any atom is 0.208 e. The number of hydrogen-bond acceptors (Lipinski definition) is 6. The van der Waals surface area contributed by atoms with E-state index >= 15 is 0 Å². The summed E-state index contributed by atoms with van der Waals surface area (Å²) in [4.78, 5) is 2.35. The van der Waals surface area contributed by atoms with E-state index in [0.29, 0.717) is 6.04 Å². The second-order valence-electron chi connectivity index (χ2n) is 6.60. The number of nitrogens with one attached hydrogen (secondary N) is 1. The lowest BCUT2D eigenvalue weighted by atomic mass is 10.1. The predicted molar refractivity (Wildman–Crippen MR) is 123 cm³/mol. The average molecular weight is 407 g/mol. The van der Waals surface area contributed by atoms with Crippen molar-refractivity contribution in [3.8, 4) is 0 Å². The van der Waals surface area contributed by atoms with Crippen LogP contribution in [0, 0.1) is 0 Å². The van der Waals surface area contributed by atoms with Crippen molar-refractivity contribution < 1.29 is 5.11 Å². The SMILES string of the molecule is C=C/C=C(\C/C=C/CO)c1nnc(N2CCC(NCCCCC)CC2)s1.CC. The van der Waals surface area contributed by atoms with Gasteiger partial charge in [-0.2, -0.15) is 0 Å². The minimum atomic E-state index is 0.0597. The molecule has 1 aliphatic heterocycles. The Morgan fingerprint density at radius 2 is 2.00 bits per heavy atom. The highest BCUT2D eigenvalue weighted by Crippen LogP contribution is 2.29. The second kappa shape index (κ2) is 15.4. The summed E-state index contributed by atoms with van der Waals surface area (Å²) >= 11 is 1.64. The van der Waals surface area contributed by atoms with E-state index in [0.717, 1.165) is 54.6 Å². The molecule has 0 saturated carbocycles. The first-order valence-corrected chi connectivity index (χ1v) is 11.5. The lowest BCUT2D eigenvalue weighted by Crippen LogP contribution is -2.42. The van der Waals surface area contributed by atoms with Crippen molar-refractivity contribution in [2.75, 3.05) is 31.1 Å². The van der Waals surface area contributed by atoms with E-state index in [-0.39, 0.29) is 6.61 Å². The number of aliphatic hydroxyl groups excluding tert-OH is 1.